The molecule has 1 nitrogen and oxygen atoms in total. The van der Waals surface area contributed by atoms with Crippen LogP contribution in [0.4, 0.5) is 0 Å². The Morgan fingerprint density at radius 1 is 1.33 bits per heavy atom. The molecule has 0 bridgehead atoms. The van der Waals surface area contributed by atoms with Crippen molar-refractivity contribution in [3.8, 4) is 0 Å². The molecule has 18 heavy (non-hydrogen) atoms. The zero-order chi connectivity index (χ0) is 13.0. The predicted molar refractivity (Wildman–Crippen MR) is 76.8 cm³/mol. The zero-order valence-electron chi connectivity index (χ0n) is 11.8. The molecule has 0 aromatic heterocycles. The van der Waals surface area contributed by atoms with Crippen molar-refractivity contribution < 1.29 is 5.11 Å². The summed E-state index contributed by atoms with van der Waals surface area (Å²) >= 11 is 0. The molecular formula is C17H26O. The van der Waals surface area contributed by atoms with Gasteiger partial charge < -0.3 is 5.11 Å². The maximum Gasteiger partial charge on any atom is 0.0434 e. The fourth-order valence-electron chi connectivity index (χ4n) is 3.27. The Hall–Kier alpha value is -0.820. The first kappa shape index (κ1) is 13.6. The van der Waals surface area contributed by atoms with Crippen molar-refractivity contribution in [3.05, 3.63) is 35.4 Å². The Kier molecular flexibility index (Phi) is 4.45. The highest BCUT2D eigenvalue weighted by atomic mass is 16.2. The molecule has 100 valence electrons. The van der Waals surface area contributed by atoms with Crippen molar-refractivity contribution in [2.75, 3.05) is 6.61 Å². The van der Waals surface area contributed by atoms with Gasteiger partial charge in [-0.1, -0.05) is 44.5 Å². The van der Waals surface area contributed by atoms with Crippen LogP contribution < -0.4 is 0 Å². The van der Waals surface area contributed by atoms with E-state index in [1.165, 1.54) is 36.8 Å². The lowest BCUT2D eigenvalue weighted by atomic mass is 9.70. The van der Waals surface area contributed by atoms with Crippen molar-refractivity contribution in [2.45, 2.75) is 58.3 Å². The lowest BCUT2D eigenvalue weighted by Crippen LogP contribution is -2.21. The monoisotopic (exact) mass is 246 g/mol. The van der Waals surface area contributed by atoms with Gasteiger partial charge in [0.15, 0.2) is 0 Å². The van der Waals surface area contributed by atoms with Crippen molar-refractivity contribution in [1.82, 2.24) is 0 Å². The summed E-state index contributed by atoms with van der Waals surface area (Å²) in [7, 11) is 0. The molecule has 1 N–H and O–H groups in total. The Morgan fingerprint density at radius 2 is 2.17 bits per heavy atom. The molecule has 0 aliphatic heterocycles. The van der Waals surface area contributed by atoms with Gasteiger partial charge in [0.05, 0.1) is 0 Å². The second kappa shape index (κ2) is 5.88. The van der Waals surface area contributed by atoms with E-state index < -0.39 is 0 Å². The molecule has 1 aromatic rings. The van der Waals surface area contributed by atoms with Crippen LogP contribution in [0, 0.1) is 5.41 Å². The van der Waals surface area contributed by atoms with E-state index in [0.717, 1.165) is 18.8 Å². The van der Waals surface area contributed by atoms with Crippen LogP contribution in [0.15, 0.2) is 24.3 Å². The fraction of sp³-hybridized carbons (Fsp3) is 0.647. The quantitative estimate of drug-likeness (QED) is 0.840. The van der Waals surface area contributed by atoms with Gasteiger partial charge in [-0.25, -0.2) is 0 Å². The summed E-state index contributed by atoms with van der Waals surface area (Å²) in [6.07, 6.45) is 7.26. The smallest absolute Gasteiger partial charge is 0.0434 e. The summed E-state index contributed by atoms with van der Waals surface area (Å²) in [5, 5.41) is 8.91. The Bertz CT molecular complexity index is 381. The highest BCUT2D eigenvalue weighted by molar-refractivity contribution is 5.27. The number of hydrogen-bond donors (Lipinski definition) is 1. The highest BCUT2D eigenvalue weighted by Crippen LogP contribution is 2.43. The van der Waals surface area contributed by atoms with E-state index in [-0.39, 0.29) is 0 Å². The second-order valence-electron chi connectivity index (χ2n) is 6.53. The third-order valence-corrected chi connectivity index (χ3v) is 4.25. The molecule has 0 saturated heterocycles. The molecule has 1 aromatic carbocycles. The number of rotatable bonds is 4. The number of aryl methyl sites for hydroxylation is 1. The van der Waals surface area contributed by atoms with Crippen LogP contribution in [0.1, 0.15) is 63.0 Å². The molecule has 0 heterocycles. The molecule has 0 radical (unpaired) electrons. The molecule has 1 saturated carbocycles. The van der Waals surface area contributed by atoms with E-state index in [1.54, 1.807) is 0 Å². The van der Waals surface area contributed by atoms with Gasteiger partial charge in [-0.2, -0.15) is 0 Å². The molecule has 1 unspecified atom stereocenters. The van der Waals surface area contributed by atoms with Gasteiger partial charge in [0, 0.05) is 6.61 Å². The largest absolute Gasteiger partial charge is 0.396 e. The predicted octanol–water partition coefficient (Wildman–Crippen LogP) is 4.30. The van der Waals surface area contributed by atoms with Crippen LogP contribution in [0.25, 0.3) is 0 Å². The van der Waals surface area contributed by atoms with Crippen LogP contribution in [0.3, 0.4) is 0 Å². The van der Waals surface area contributed by atoms with Crippen LogP contribution in [-0.2, 0) is 6.42 Å². The SMILES string of the molecule is CC1(C)CCCC(c2cccc(CCCO)c2)C1. The van der Waals surface area contributed by atoms with Crippen LogP contribution in [-0.4, -0.2) is 11.7 Å². The average Bonchev–Trinajstić information content (AvgIpc) is 2.35. The molecule has 1 aliphatic rings. The van der Waals surface area contributed by atoms with Crippen molar-refractivity contribution in [2.24, 2.45) is 5.41 Å². The molecule has 0 spiro atoms. The summed E-state index contributed by atoms with van der Waals surface area (Å²) < 4.78 is 0. The number of benzene rings is 1. The normalized spacial score (nSPS) is 22.9. The van der Waals surface area contributed by atoms with Gasteiger partial charge in [-0.3, -0.25) is 0 Å². The Morgan fingerprint density at radius 3 is 2.89 bits per heavy atom. The Labute approximate surface area is 111 Å². The maximum atomic E-state index is 8.91. The molecular weight excluding hydrogens is 220 g/mol. The molecule has 1 aliphatic carbocycles. The van der Waals surface area contributed by atoms with Crippen molar-refractivity contribution >= 4 is 0 Å². The second-order valence-corrected chi connectivity index (χ2v) is 6.53. The van der Waals surface area contributed by atoms with Gasteiger partial charge in [-0.15, -0.1) is 0 Å². The minimum absolute atomic E-state index is 0.292. The average molecular weight is 246 g/mol. The van der Waals surface area contributed by atoms with Crippen LogP contribution in [0.2, 0.25) is 0 Å². The number of hydrogen-bond acceptors (Lipinski definition) is 1. The first-order valence-electron chi connectivity index (χ1n) is 7.30. The number of aliphatic hydroxyl groups excluding tert-OH is 1. The van der Waals surface area contributed by atoms with E-state index in [1.807, 2.05) is 0 Å². The Balaban J connectivity index is 2.07. The van der Waals surface area contributed by atoms with Gasteiger partial charge in [-0.05, 0) is 54.6 Å². The lowest BCUT2D eigenvalue weighted by molar-refractivity contribution is 0.219. The minimum atomic E-state index is 0.292. The lowest BCUT2D eigenvalue weighted by Gasteiger charge is -2.35. The molecule has 1 atom stereocenters. The van der Waals surface area contributed by atoms with E-state index in [0.29, 0.717) is 12.0 Å². The summed E-state index contributed by atoms with van der Waals surface area (Å²) in [4.78, 5) is 0. The van der Waals surface area contributed by atoms with E-state index >= 15 is 0 Å². The minimum Gasteiger partial charge on any atom is -0.396 e. The molecule has 1 fully saturated rings. The summed E-state index contributed by atoms with van der Waals surface area (Å²) in [5.74, 6) is 0.739. The van der Waals surface area contributed by atoms with E-state index in [2.05, 4.69) is 38.1 Å². The van der Waals surface area contributed by atoms with Crippen LogP contribution in [0.5, 0.6) is 0 Å². The van der Waals surface area contributed by atoms with Crippen molar-refractivity contribution in [3.63, 3.8) is 0 Å². The molecule has 0 amide bonds. The van der Waals surface area contributed by atoms with Gasteiger partial charge in [0.1, 0.15) is 0 Å². The van der Waals surface area contributed by atoms with E-state index in [9.17, 15) is 0 Å². The topological polar surface area (TPSA) is 20.2 Å². The zero-order valence-corrected chi connectivity index (χ0v) is 11.8. The maximum absolute atomic E-state index is 8.91. The summed E-state index contributed by atoms with van der Waals surface area (Å²) in [6, 6.07) is 9.02. The molecule has 2 rings (SSSR count). The fourth-order valence-corrected chi connectivity index (χ4v) is 3.27. The third kappa shape index (κ3) is 3.58. The van der Waals surface area contributed by atoms with Gasteiger partial charge in [0.25, 0.3) is 0 Å². The van der Waals surface area contributed by atoms with E-state index in [4.69, 9.17) is 5.11 Å². The summed E-state index contributed by atoms with van der Waals surface area (Å²) in [6.45, 7) is 5.09. The first-order chi connectivity index (χ1) is 8.61. The van der Waals surface area contributed by atoms with Gasteiger partial charge in [0.2, 0.25) is 0 Å². The highest BCUT2D eigenvalue weighted by Gasteiger charge is 2.28. The first-order valence-corrected chi connectivity index (χ1v) is 7.30. The van der Waals surface area contributed by atoms with Crippen LogP contribution >= 0.6 is 0 Å². The number of aliphatic hydroxyl groups is 1. The third-order valence-electron chi connectivity index (χ3n) is 4.25. The van der Waals surface area contributed by atoms with Crippen molar-refractivity contribution in [1.29, 1.82) is 0 Å². The summed E-state index contributed by atoms with van der Waals surface area (Å²) in [5.41, 5.74) is 3.40. The molecule has 1 heteroatoms. The standard InChI is InChI=1S/C17H26O/c1-17(2)10-4-9-16(13-17)15-8-3-6-14(12-15)7-5-11-18/h3,6,8,12,16,18H,4-5,7,9-11,13H2,1-2H3. The van der Waals surface area contributed by atoms with Gasteiger partial charge >= 0.3 is 0 Å².